The van der Waals surface area contributed by atoms with Crippen molar-refractivity contribution in [2.75, 3.05) is 38.0 Å². The number of hydrogen-bond acceptors (Lipinski definition) is 5. The summed E-state index contributed by atoms with van der Waals surface area (Å²) < 4.78 is 0. The average molecular weight is 430 g/mol. The number of anilines is 1. The van der Waals surface area contributed by atoms with Crippen molar-refractivity contribution in [3.05, 3.63) is 39.4 Å². The number of carbonyl (C=O) groups is 2. The molecule has 31 heavy (non-hydrogen) atoms. The van der Waals surface area contributed by atoms with Gasteiger partial charge in [0.25, 0.3) is 6.54 Å². The van der Waals surface area contributed by atoms with Crippen LogP contribution in [0.5, 0.6) is 0 Å². The summed E-state index contributed by atoms with van der Waals surface area (Å²) in [5.41, 5.74) is 2.76. The second-order valence-electron chi connectivity index (χ2n) is 8.43. The first-order valence-electron chi connectivity index (χ1n) is 10.9. The Balaban J connectivity index is 1.77. The molecule has 168 valence electrons. The number of nitrogens with zero attached hydrogens (tertiary/aromatic N) is 4. The molecule has 1 unspecified atom stereocenters. The number of rotatable bonds is 6. The molecule has 9 nitrogen and oxygen atoms in total. The van der Waals surface area contributed by atoms with Gasteiger partial charge in [0.2, 0.25) is 11.8 Å². The van der Waals surface area contributed by atoms with Crippen molar-refractivity contribution in [3.8, 4) is 0 Å². The van der Waals surface area contributed by atoms with Gasteiger partial charge in [-0.25, -0.2) is 0 Å². The van der Waals surface area contributed by atoms with Gasteiger partial charge in [-0.15, -0.1) is 0 Å². The molecule has 0 spiro atoms. The maximum Gasteiger partial charge on any atom is 0.260 e. The van der Waals surface area contributed by atoms with Crippen LogP contribution in [0.25, 0.3) is 0 Å². The molecule has 1 aromatic carbocycles. The van der Waals surface area contributed by atoms with Crippen LogP contribution in [-0.4, -0.2) is 71.1 Å². The van der Waals surface area contributed by atoms with Crippen molar-refractivity contribution < 1.29 is 14.5 Å². The number of nitrogens with one attached hydrogen (secondary N) is 1. The van der Waals surface area contributed by atoms with Gasteiger partial charge in [0.1, 0.15) is 6.04 Å². The molecule has 1 N–H and O–H groups in total. The molecule has 2 fully saturated rings. The lowest BCUT2D eigenvalue weighted by Gasteiger charge is -2.25. The molecule has 9 heteroatoms. The van der Waals surface area contributed by atoms with Crippen molar-refractivity contribution in [2.45, 2.75) is 52.0 Å². The van der Waals surface area contributed by atoms with Crippen LogP contribution >= 0.6 is 0 Å². The van der Waals surface area contributed by atoms with Crippen molar-refractivity contribution in [1.82, 2.24) is 9.80 Å². The molecule has 2 amide bonds. The Kier molecular flexibility index (Phi) is 7.59. The van der Waals surface area contributed by atoms with E-state index in [1.54, 1.807) is 9.80 Å². The highest BCUT2D eigenvalue weighted by molar-refractivity contribution is 5.98. The summed E-state index contributed by atoms with van der Waals surface area (Å²) in [5, 5.41) is 14.3. The molecule has 0 aromatic heterocycles. The molecule has 2 heterocycles. The fourth-order valence-electron chi connectivity index (χ4n) is 4.23. The standard InChI is InChI=1S/C22H31N5O4/c1-16-11-17(2)13-18(12-16)23-20(14-27(30)31)24-19-7-3-4-10-26(22(19)29)15-21(28)25-8-5-6-9-25/h11-13,19H,3-10,14-15H2,1-2H3,(H,23,24). The second-order valence-corrected chi connectivity index (χ2v) is 8.43. The van der Waals surface area contributed by atoms with Crippen LogP contribution in [0.1, 0.15) is 43.2 Å². The Labute approximate surface area is 182 Å². The number of amides is 2. The zero-order valence-electron chi connectivity index (χ0n) is 18.3. The number of likely N-dealkylation sites (tertiary alicyclic amines) is 2. The van der Waals surface area contributed by atoms with E-state index in [2.05, 4.69) is 10.3 Å². The molecule has 1 aromatic rings. The van der Waals surface area contributed by atoms with Gasteiger partial charge in [0.05, 0.1) is 6.54 Å². The summed E-state index contributed by atoms with van der Waals surface area (Å²) in [5.74, 6) is -0.108. The topological polar surface area (TPSA) is 108 Å². The van der Waals surface area contributed by atoms with Gasteiger partial charge in [0, 0.05) is 30.2 Å². The number of amidine groups is 1. The van der Waals surface area contributed by atoms with Gasteiger partial charge in [-0.3, -0.25) is 24.7 Å². The van der Waals surface area contributed by atoms with Crippen LogP contribution in [-0.2, 0) is 9.59 Å². The van der Waals surface area contributed by atoms with Crippen LogP contribution in [0.15, 0.2) is 23.2 Å². The molecule has 0 bridgehead atoms. The van der Waals surface area contributed by atoms with Crippen LogP contribution in [0.2, 0.25) is 0 Å². The summed E-state index contributed by atoms with van der Waals surface area (Å²) in [4.78, 5) is 44.3. The third-order valence-corrected chi connectivity index (χ3v) is 5.64. The highest BCUT2D eigenvalue weighted by atomic mass is 16.6. The average Bonchev–Trinajstić information content (AvgIpc) is 3.17. The van der Waals surface area contributed by atoms with Crippen molar-refractivity contribution in [2.24, 2.45) is 4.99 Å². The first-order valence-corrected chi connectivity index (χ1v) is 10.9. The third kappa shape index (κ3) is 6.50. The van der Waals surface area contributed by atoms with Gasteiger partial charge in [-0.1, -0.05) is 6.07 Å². The fraction of sp³-hybridized carbons (Fsp3) is 0.591. The summed E-state index contributed by atoms with van der Waals surface area (Å²) in [6.07, 6.45) is 4.09. The SMILES string of the molecule is Cc1cc(C)cc(NC(C[N+](=O)[O-])=NC2CCCCN(CC(=O)N3CCCC3)C2=O)c1. The second kappa shape index (κ2) is 10.4. The normalized spacial score (nSPS) is 20.0. The monoisotopic (exact) mass is 429 g/mol. The maximum absolute atomic E-state index is 13.1. The number of aryl methyl sites for hydroxylation is 2. The molecule has 0 saturated carbocycles. The van der Waals surface area contributed by atoms with E-state index >= 15 is 0 Å². The lowest BCUT2D eigenvalue weighted by molar-refractivity contribution is -0.463. The minimum absolute atomic E-state index is 0.0330. The molecule has 2 saturated heterocycles. The first kappa shape index (κ1) is 22.7. The number of aliphatic imine (C=N–C) groups is 1. The van der Waals surface area contributed by atoms with Gasteiger partial charge in [-0.2, -0.15) is 0 Å². The van der Waals surface area contributed by atoms with Crippen LogP contribution in [0.3, 0.4) is 0 Å². The molecular formula is C22H31N5O4. The van der Waals surface area contributed by atoms with E-state index < -0.39 is 17.5 Å². The van der Waals surface area contributed by atoms with E-state index in [1.807, 2.05) is 32.0 Å². The van der Waals surface area contributed by atoms with Crippen LogP contribution in [0.4, 0.5) is 5.69 Å². The highest BCUT2D eigenvalue weighted by Crippen LogP contribution is 2.18. The summed E-state index contributed by atoms with van der Waals surface area (Å²) in [6, 6.07) is 5.07. The lowest BCUT2D eigenvalue weighted by atomic mass is 10.1. The smallest absolute Gasteiger partial charge is 0.260 e. The molecule has 1 atom stereocenters. The van der Waals surface area contributed by atoms with E-state index in [4.69, 9.17) is 0 Å². The van der Waals surface area contributed by atoms with Gasteiger partial charge >= 0.3 is 0 Å². The largest absolute Gasteiger partial charge is 0.341 e. The van der Waals surface area contributed by atoms with Crippen molar-refractivity contribution in [1.29, 1.82) is 0 Å². The Hall–Kier alpha value is -2.97. The minimum atomic E-state index is -0.720. The van der Waals surface area contributed by atoms with E-state index in [-0.39, 0.29) is 24.2 Å². The molecule has 3 rings (SSSR count). The zero-order valence-corrected chi connectivity index (χ0v) is 18.3. The number of carbonyl (C=O) groups excluding carboxylic acids is 2. The molecular weight excluding hydrogens is 398 g/mol. The number of hydrogen-bond donors (Lipinski definition) is 1. The quantitative estimate of drug-likeness (QED) is 0.323. The molecule has 2 aliphatic rings. The Morgan fingerprint density at radius 1 is 1.13 bits per heavy atom. The zero-order chi connectivity index (χ0) is 22.4. The maximum atomic E-state index is 13.1. The van der Waals surface area contributed by atoms with Crippen LogP contribution in [0, 0.1) is 24.0 Å². The third-order valence-electron chi connectivity index (χ3n) is 5.64. The van der Waals surface area contributed by atoms with Crippen LogP contribution < -0.4 is 5.32 Å². The van der Waals surface area contributed by atoms with Gasteiger partial charge < -0.3 is 15.1 Å². The predicted octanol–water partition coefficient (Wildman–Crippen LogP) is 2.39. The fourth-order valence-corrected chi connectivity index (χ4v) is 4.23. The number of benzene rings is 1. The van der Waals surface area contributed by atoms with Gasteiger partial charge in [0.15, 0.2) is 5.84 Å². The molecule has 0 radical (unpaired) electrons. The van der Waals surface area contributed by atoms with E-state index in [0.29, 0.717) is 18.7 Å². The molecule has 2 aliphatic heterocycles. The molecule has 0 aliphatic carbocycles. The summed E-state index contributed by atoms with van der Waals surface area (Å²) >= 11 is 0. The number of nitro groups is 1. The summed E-state index contributed by atoms with van der Waals surface area (Å²) in [7, 11) is 0. The Morgan fingerprint density at radius 3 is 2.42 bits per heavy atom. The minimum Gasteiger partial charge on any atom is -0.341 e. The van der Waals surface area contributed by atoms with E-state index in [1.165, 1.54) is 0 Å². The Bertz CT molecular complexity index is 843. The van der Waals surface area contributed by atoms with Gasteiger partial charge in [-0.05, 0) is 69.2 Å². The van der Waals surface area contributed by atoms with E-state index in [9.17, 15) is 19.7 Å². The van der Waals surface area contributed by atoms with Crippen molar-refractivity contribution in [3.63, 3.8) is 0 Å². The van der Waals surface area contributed by atoms with E-state index in [0.717, 1.165) is 49.9 Å². The predicted molar refractivity (Wildman–Crippen MR) is 119 cm³/mol. The Morgan fingerprint density at radius 2 is 1.77 bits per heavy atom. The lowest BCUT2D eigenvalue weighted by Crippen LogP contribution is -2.45. The van der Waals surface area contributed by atoms with Crippen molar-refractivity contribution >= 4 is 23.3 Å². The first-order chi connectivity index (χ1) is 14.8. The summed E-state index contributed by atoms with van der Waals surface area (Å²) in [6.45, 7) is 5.46. The highest BCUT2D eigenvalue weighted by Gasteiger charge is 2.30.